The molecule has 0 unspecified atom stereocenters. The minimum absolute atomic E-state index is 0. The maximum atomic E-state index is 10.8. The molecule has 1 aromatic heterocycles. The summed E-state index contributed by atoms with van der Waals surface area (Å²) in [5.41, 5.74) is 0.0674. The fraction of sp³-hybridized carbons (Fsp3) is 0. The molecule has 94 valence electrons. The van der Waals surface area contributed by atoms with E-state index in [-0.39, 0.29) is 64.6 Å². The summed E-state index contributed by atoms with van der Waals surface area (Å²) in [6.07, 6.45) is 0. The van der Waals surface area contributed by atoms with Crippen LogP contribution in [0, 0.1) is 0 Å². The maximum Gasteiger partial charge on any atom is 0.322 e. The van der Waals surface area contributed by atoms with Crippen molar-refractivity contribution in [2.24, 2.45) is 0 Å². The van der Waals surface area contributed by atoms with E-state index < -0.39 is 29.5 Å². The second-order valence-corrected chi connectivity index (χ2v) is 7.11. The van der Waals surface area contributed by atoms with Crippen molar-refractivity contribution in [1.29, 1.82) is 0 Å². The van der Waals surface area contributed by atoms with Crippen molar-refractivity contribution >= 4 is 101 Å². The van der Waals surface area contributed by atoms with Crippen LogP contribution in [0.4, 0.5) is 0 Å². The summed E-state index contributed by atoms with van der Waals surface area (Å²) in [7, 11) is -8.79. The predicted molar refractivity (Wildman–Crippen MR) is 70.8 cm³/mol. The first-order valence-electron chi connectivity index (χ1n) is 4.03. The molecule has 0 aliphatic rings. The molecule has 0 fully saturated rings. The maximum absolute atomic E-state index is 10.8. The van der Waals surface area contributed by atoms with Gasteiger partial charge in [0.1, 0.15) is 0 Å². The fourth-order valence-corrected chi connectivity index (χ4v) is 3.24. The Balaban J connectivity index is 0.00000162. The van der Waals surface area contributed by atoms with Gasteiger partial charge in [-0.25, -0.2) is 4.98 Å². The Morgan fingerprint density at radius 1 is 1.00 bits per heavy atom. The second-order valence-electron chi connectivity index (χ2n) is 3.06. The van der Waals surface area contributed by atoms with Crippen molar-refractivity contribution in [3.05, 3.63) is 18.2 Å². The Morgan fingerprint density at radius 2 is 1.58 bits per heavy atom. The Labute approximate surface area is 157 Å². The fourth-order valence-electron chi connectivity index (χ4n) is 1.16. The zero-order valence-corrected chi connectivity index (χ0v) is 16.4. The Morgan fingerprint density at radius 3 is 2.05 bits per heavy atom. The molecule has 2 aromatic rings. The molecule has 0 atom stereocenters. The molecule has 0 saturated heterocycles. The second kappa shape index (κ2) is 6.79. The summed E-state index contributed by atoms with van der Waals surface area (Å²) in [5, 5.41) is 0. The molecule has 0 saturated carbocycles. The van der Waals surface area contributed by atoms with Crippen molar-refractivity contribution in [2.45, 2.75) is 9.24 Å². The molecule has 0 aliphatic carbocycles. The number of rotatable bonds is 2. The third-order valence-electron chi connectivity index (χ3n) is 1.86. The van der Waals surface area contributed by atoms with Crippen LogP contribution in [-0.4, -0.2) is 90.0 Å². The van der Waals surface area contributed by atoms with Crippen LogP contribution in [0.25, 0.3) is 10.2 Å². The summed E-state index contributed by atoms with van der Waals surface area (Å²) in [6.45, 7) is 0. The Bertz CT molecular complexity index is 767. The first-order valence-corrected chi connectivity index (χ1v) is 7.73. The van der Waals surface area contributed by atoms with Crippen molar-refractivity contribution in [2.75, 3.05) is 0 Å². The normalized spacial score (nSPS) is 11.7. The molecule has 2 radical (unpaired) electrons. The van der Waals surface area contributed by atoms with Gasteiger partial charge in [0, 0.05) is 59.1 Å². The molecule has 0 amide bonds. The van der Waals surface area contributed by atoms with E-state index in [0.717, 1.165) is 12.1 Å². The van der Waals surface area contributed by atoms with Crippen LogP contribution in [0.1, 0.15) is 0 Å². The van der Waals surface area contributed by atoms with E-state index in [1.807, 2.05) is 0 Å². The zero-order chi connectivity index (χ0) is 12.8. The van der Waals surface area contributed by atoms with Crippen molar-refractivity contribution in [3.8, 4) is 0 Å². The van der Waals surface area contributed by atoms with Gasteiger partial charge in [0.2, 0.25) is 4.34 Å². The van der Waals surface area contributed by atoms with E-state index in [1.54, 1.807) is 0 Å². The van der Waals surface area contributed by atoms with E-state index in [4.69, 9.17) is 9.11 Å². The van der Waals surface area contributed by atoms with Gasteiger partial charge < -0.3 is 0 Å². The van der Waals surface area contributed by atoms with E-state index in [1.165, 1.54) is 6.07 Å². The molecule has 2 N–H and O–H groups in total. The van der Waals surface area contributed by atoms with E-state index in [0.29, 0.717) is 16.0 Å². The van der Waals surface area contributed by atoms with Gasteiger partial charge in [-0.3, -0.25) is 9.11 Å². The Kier molecular flexibility index (Phi) is 7.13. The molecule has 12 heteroatoms. The SMILES string of the molecule is O=S(=O)(O)c1ccc2sc(S(=O)(=O)O)nc2c1.[Na].[Na]. The van der Waals surface area contributed by atoms with Crippen LogP contribution in [0.15, 0.2) is 27.4 Å². The smallest absolute Gasteiger partial charge is 0.282 e. The predicted octanol–water partition coefficient (Wildman–Crippen LogP) is 0.0281. The van der Waals surface area contributed by atoms with Gasteiger partial charge in [0.05, 0.1) is 15.1 Å². The van der Waals surface area contributed by atoms with Crippen molar-refractivity contribution in [1.82, 2.24) is 4.98 Å². The molecule has 2 rings (SSSR count). The van der Waals surface area contributed by atoms with Gasteiger partial charge >= 0.3 is 10.1 Å². The van der Waals surface area contributed by atoms with Crippen LogP contribution >= 0.6 is 11.3 Å². The monoisotopic (exact) mass is 341 g/mol. The summed E-state index contributed by atoms with van der Waals surface area (Å²) in [5.74, 6) is 0. The van der Waals surface area contributed by atoms with Gasteiger partial charge in [0.25, 0.3) is 10.1 Å². The third-order valence-corrected chi connectivity index (χ3v) is 4.95. The summed E-state index contributed by atoms with van der Waals surface area (Å²) in [4.78, 5) is 3.17. The van der Waals surface area contributed by atoms with E-state index in [9.17, 15) is 16.8 Å². The molecule has 7 nitrogen and oxygen atoms in total. The number of nitrogens with zero attached hydrogens (tertiary/aromatic N) is 1. The molecular weight excluding hydrogens is 336 g/mol. The average Bonchev–Trinajstić information content (AvgIpc) is 2.57. The molecule has 0 spiro atoms. The van der Waals surface area contributed by atoms with Crippen molar-refractivity contribution < 1.29 is 25.9 Å². The molecule has 19 heavy (non-hydrogen) atoms. The number of fused-ring (bicyclic) bond motifs is 1. The molecule has 0 aliphatic heterocycles. The molecule has 1 heterocycles. The third kappa shape index (κ3) is 4.71. The average molecular weight is 341 g/mol. The number of hydrogen-bond donors (Lipinski definition) is 2. The van der Waals surface area contributed by atoms with Gasteiger partial charge in [0.15, 0.2) is 0 Å². The molecular formula is C7H5NNa2O6S3. The van der Waals surface area contributed by atoms with Gasteiger partial charge in [-0.05, 0) is 18.2 Å². The topological polar surface area (TPSA) is 122 Å². The van der Waals surface area contributed by atoms with E-state index >= 15 is 0 Å². The first kappa shape index (κ1) is 19.9. The minimum atomic E-state index is -4.42. The summed E-state index contributed by atoms with van der Waals surface area (Å²) in [6, 6.07) is 3.43. The largest absolute Gasteiger partial charge is 0.322 e. The standard InChI is InChI=1S/C7H5NO6S3.2Na/c9-16(10,11)4-1-2-6-5(3-4)8-7(15-6)17(12,13)14;;/h1-3H,(H,9,10,11)(H,12,13,14);;. The van der Waals surface area contributed by atoms with Gasteiger partial charge in [-0.15, -0.1) is 11.3 Å². The number of hydrogen-bond acceptors (Lipinski definition) is 6. The van der Waals surface area contributed by atoms with Crippen LogP contribution in [0.2, 0.25) is 0 Å². The van der Waals surface area contributed by atoms with Gasteiger partial charge in [-0.2, -0.15) is 16.8 Å². The van der Waals surface area contributed by atoms with Crippen LogP contribution in [0.3, 0.4) is 0 Å². The summed E-state index contributed by atoms with van der Waals surface area (Å²) >= 11 is 0.698. The van der Waals surface area contributed by atoms with Crippen LogP contribution in [-0.2, 0) is 20.2 Å². The van der Waals surface area contributed by atoms with Crippen LogP contribution < -0.4 is 0 Å². The van der Waals surface area contributed by atoms with Crippen LogP contribution in [0.5, 0.6) is 0 Å². The number of benzene rings is 1. The molecule has 1 aromatic carbocycles. The number of thiazole rings is 1. The van der Waals surface area contributed by atoms with Crippen molar-refractivity contribution in [3.63, 3.8) is 0 Å². The van der Waals surface area contributed by atoms with Gasteiger partial charge in [-0.1, -0.05) is 0 Å². The quantitative estimate of drug-likeness (QED) is 0.583. The summed E-state index contributed by atoms with van der Waals surface area (Å²) < 4.78 is 60.7. The van der Waals surface area contributed by atoms with E-state index in [2.05, 4.69) is 4.98 Å². The number of aromatic nitrogens is 1. The minimum Gasteiger partial charge on any atom is -0.282 e. The zero-order valence-electron chi connectivity index (χ0n) is 9.93. The first-order chi connectivity index (χ1) is 7.68. The molecule has 0 bridgehead atoms. The Hall–Kier alpha value is 0.930.